The maximum atomic E-state index is 13.4. The van der Waals surface area contributed by atoms with Crippen molar-refractivity contribution in [1.29, 1.82) is 0 Å². The van der Waals surface area contributed by atoms with Crippen molar-refractivity contribution in [3.8, 4) is 0 Å². The molecule has 0 radical (unpaired) electrons. The standard InChI is InChI=1S/C24H27N3O4S2/c1-23(2)18(20(29)31-14-15-10-6-4-7-11-15)27-21(30)24(32-3,22(27)33-23)26-19(28)17(25)16-12-8-5-9-13-16/h4-13,17-18,22H,14,25H2,1-3H3,(H,26,28)/t17?,18-,22+,24-/m0/s1. The van der Waals surface area contributed by atoms with Gasteiger partial charge in [-0.1, -0.05) is 60.7 Å². The summed E-state index contributed by atoms with van der Waals surface area (Å²) >= 11 is 2.75. The van der Waals surface area contributed by atoms with Gasteiger partial charge in [-0.3, -0.25) is 9.59 Å². The first-order valence-electron chi connectivity index (χ1n) is 10.6. The smallest absolute Gasteiger partial charge is 0.330 e. The second-order valence-corrected chi connectivity index (χ2v) is 11.4. The van der Waals surface area contributed by atoms with Crippen molar-refractivity contribution < 1.29 is 19.1 Å². The monoisotopic (exact) mass is 485 g/mol. The lowest BCUT2D eigenvalue weighted by atomic mass is 9.95. The Kier molecular flexibility index (Phi) is 6.48. The van der Waals surface area contributed by atoms with E-state index >= 15 is 0 Å². The lowest BCUT2D eigenvalue weighted by Gasteiger charge is -2.52. The fourth-order valence-corrected chi connectivity index (χ4v) is 7.05. The minimum Gasteiger partial charge on any atom is -0.459 e. The van der Waals surface area contributed by atoms with E-state index in [1.807, 2.05) is 62.4 Å². The molecule has 3 N–H and O–H groups in total. The molecule has 0 bridgehead atoms. The third-order valence-electron chi connectivity index (χ3n) is 6.02. The third-order valence-corrected chi connectivity index (χ3v) is 8.95. The zero-order valence-electron chi connectivity index (χ0n) is 18.7. The molecule has 0 saturated carbocycles. The fraction of sp³-hybridized carbons (Fsp3) is 0.375. The average molecular weight is 486 g/mol. The number of thioether (sulfide) groups is 2. The Balaban J connectivity index is 1.50. The number of amides is 2. The zero-order valence-corrected chi connectivity index (χ0v) is 20.3. The van der Waals surface area contributed by atoms with Gasteiger partial charge in [0.15, 0.2) is 4.87 Å². The Labute approximate surface area is 201 Å². The number of esters is 1. The van der Waals surface area contributed by atoms with Gasteiger partial charge < -0.3 is 20.7 Å². The Hall–Kier alpha value is -2.49. The Morgan fingerprint density at radius 1 is 1.15 bits per heavy atom. The van der Waals surface area contributed by atoms with Gasteiger partial charge in [0.2, 0.25) is 5.91 Å². The topological polar surface area (TPSA) is 102 Å². The van der Waals surface area contributed by atoms with Crippen molar-refractivity contribution in [1.82, 2.24) is 10.2 Å². The van der Waals surface area contributed by atoms with Gasteiger partial charge in [-0.15, -0.1) is 23.5 Å². The second kappa shape index (κ2) is 9.04. The molecular formula is C24H27N3O4S2. The summed E-state index contributed by atoms with van der Waals surface area (Å²) in [5, 5.41) is 2.48. The highest BCUT2D eigenvalue weighted by Gasteiger charge is 2.72. The van der Waals surface area contributed by atoms with Gasteiger partial charge >= 0.3 is 5.97 Å². The maximum Gasteiger partial charge on any atom is 0.330 e. The largest absolute Gasteiger partial charge is 0.459 e. The number of hydrogen-bond donors (Lipinski definition) is 2. The predicted octanol–water partition coefficient (Wildman–Crippen LogP) is 2.67. The number of ether oxygens (including phenoxy) is 1. The number of rotatable bonds is 7. The molecule has 0 aromatic heterocycles. The molecule has 2 aromatic carbocycles. The van der Waals surface area contributed by atoms with Crippen LogP contribution in [0.15, 0.2) is 60.7 Å². The molecule has 33 heavy (non-hydrogen) atoms. The van der Waals surface area contributed by atoms with Gasteiger partial charge in [0, 0.05) is 4.75 Å². The van der Waals surface area contributed by atoms with E-state index in [1.165, 1.54) is 23.5 Å². The van der Waals surface area contributed by atoms with Crippen molar-refractivity contribution in [2.75, 3.05) is 6.26 Å². The summed E-state index contributed by atoms with van der Waals surface area (Å²) in [7, 11) is 0. The van der Waals surface area contributed by atoms with Gasteiger partial charge in [0.25, 0.3) is 5.91 Å². The van der Waals surface area contributed by atoms with Crippen molar-refractivity contribution >= 4 is 41.3 Å². The van der Waals surface area contributed by atoms with Gasteiger partial charge in [0.1, 0.15) is 24.1 Å². The van der Waals surface area contributed by atoms with Crippen molar-refractivity contribution in [2.24, 2.45) is 5.73 Å². The van der Waals surface area contributed by atoms with Crippen LogP contribution in [0, 0.1) is 0 Å². The van der Waals surface area contributed by atoms with E-state index < -0.39 is 39.0 Å². The molecule has 9 heteroatoms. The molecule has 2 aliphatic rings. The molecule has 1 unspecified atom stereocenters. The van der Waals surface area contributed by atoms with Crippen LogP contribution in [-0.4, -0.2) is 50.0 Å². The SMILES string of the molecule is CS[C@@]1(NC(=O)C(N)c2ccccc2)C(=O)N2[C@@H](C(=O)OCc3ccccc3)C(C)(C)S[C@@H]21. The van der Waals surface area contributed by atoms with Crippen molar-refractivity contribution in [2.45, 2.75) is 47.5 Å². The first kappa shape index (κ1) is 23.7. The lowest BCUT2D eigenvalue weighted by molar-refractivity contribution is -0.166. The highest BCUT2D eigenvalue weighted by molar-refractivity contribution is 8.05. The number of benzene rings is 2. The number of nitrogens with two attached hydrogens (primary N) is 1. The Morgan fingerprint density at radius 2 is 1.76 bits per heavy atom. The molecular weight excluding hydrogens is 458 g/mol. The van der Waals surface area contributed by atoms with Crippen LogP contribution in [0.3, 0.4) is 0 Å². The highest BCUT2D eigenvalue weighted by atomic mass is 32.2. The van der Waals surface area contributed by atoms with E-state index in [0.29, 0.717) is 5.56 Å². The molecule has 4 atom stereocenters. The number of hydrogen-bond acceptors (Lipinski definition) is 7. The minimum absolute atomic E-state index is 0.139. The molecule has 174 valence electrons. The summed E-state index contributed by atoms with van der Waals surface area (Å²) in [4.78, 5) is 39.8. The van der Waals surface area contributed by atoms with Crippen molar-refractivity contribution in [3.05, 3.63) is 71.8 Å². The fourth-order valence-electron chi connectivity index (χ4n) is 4.25. The van der Waals surface area contributed by atoms with E-state index in [2.05, 4.69) is 5.32 Å². The molecule has 2 fully saturated rings. The average Bonchev–Trinajstić information content (AvgIpc) is 3.10. The first-order valence-corrected chi connectivity index (χ1v) is 12.7. The highest BCUT2D eigenvalue weighted by Crippen LogP contribution is 2.58. The van der Waals surface area contributed by atoms with Crippen LogP contribution >= 0.6 is 23.5 Å². The predicted molar refractivity (Wildman–Crippen MR) is 130 cm³/mol. The number of β-lactam (4-membered cyclic amide) rings is 1. The molecule has 2 saturated heterocycles. The summed E-state index contributed by atoms with van der Waals surface area (Å²) in [6, 6.07) is 16.8. The number of fused-ring (bicyclic) bond motifs is 1. The van der Waals surface area contributed by atoms with Crippen LogP contribution in [0.5, 0.6) is 0 Å². The molecule has 2 aromatic rings. The lowest BCUT2D eigenvalue weighted by Crippen LogP contribution is -2.78. The van der Waals surface area contributed by atoms with E-state index in [-0.39, 0.29) is 12.5 Å². The minimum atomic E-state index is -1.18. The van der Waals surface area contributed by atoms with Crippen LogP contribution in [0.1, 0.15) is 31.0 Å². The van der Waals surface area contributed by atoms with Crippen LogP contribution < -0.4 is 11.1 Å². The van der Waals surface area contributed by atoms with E-state index in [9.17, 15) is 14.4 Å². The van der Waals surface area contributed by atoms with Crippen LogP contribution in [-0.2, 0) is 25.7 Å². The van der Waals surface area contributed by atoms with Crippen molar-refractivity contribution in [3.63, 3.8) is 0 Å². The van der Waals surface area contributed by atoms with Crippen LogP contribution in [0.4, 0.5) is 0 Å². The van der Waals surface area contributed by atoms with E-state index in [1.54, 1.807) is 23.3 Å². The van der Waals surface area contributed by atoms with Gasteiger partial charge in [-0.25, -0.2) is 4.79 Å². The molecule has 4 rings (SSSR count). The summed E-state index contributed by atoms with van der Waals surface area (Å²) in [6.45, 7) is 3.97. The normalized spacial score (nSPS) is 26.2. The summed E-state index contributed by atoms with van der Waals surface area (Å²) in [6.07, 6.45) is 1.78. The summed E-state index contributed by atoms with van der Waals surface area (Å²) in [5.41, 5.74) is 7.70. The Morgan fingerprint density at radius 3 is 2.36 bits per heavy atom. The first-order chi connectivity index (χ1) is 15.7. The number of carbonyl (C=O) groups excluding carboxylic acids is 3. The van der Waals surface area contributed by atoms with Gasteiger partial charge in [-0.2, -0.15) is 0 Å². The number of nitrogens with one attached hydrogen (secondary N) is 1. The summed E-state index contributed by atoms with van der Waals surface area (Å²) in [5.74, 6) is -1.19. The van der Waals surface area contributed by atoms with Crippen LogP contribution in [0.2, 0.25) is 0 Å². The summed E-state index contributed by atoms with van der Waals surface area (Å²) < 4.78 is 4.98. The molecule has 2 heterocycles. The number of carbonyl (C=O) groups is 3. The van der Waals surface area contributed by atoms with E-state index in [0.717, 1.165) is 5.56 Å². The Bertz CT molecular complexity index is 1050. The number of nitrogens with zero attached hydrogens (tertiary/aromatic N) is 1. The maximum absolute atomic E-state index is 13.4. The van der Waals surface area contributed by atoms with Gasteiger partial charge in [-0.05, 0) is 31.2 Å². The quantitative estimate of drug-likeness (QED) is 0.353. The molecule has 0 aliphatic carbocycles. The zero-order chi connectivity index (χ0) is 23.8. The second-order valence-electron chi connectivity index (χ2n) is 8.60. The van der Waals surface area contributed by atoms with E-state index in [4.69, 9.17) is 10.5 Å². The molecule has 2 aliphatic heterocycles. The molecule has 0 spiro atoms. The van der Waals surface area contributed by atoms with Crippen LogP contribution in [0.25, 0.3) is 0 Å². The third kappa shape index (κ3) is 4.13. The molecule has 2 amide bonds. The molecule has 7 nitrogen and oxygen atoms in total. The van der Waals surface area contributed by atoms with Gasteiger partial charge in [0.05, 0.1) is 0 Å².